The molecule has 0 aromatic carbocycles. The van der Waals surface area contributed by atoms with E-state index in [2.05, 4.69) is 16.2 Å². The average molecular weight is 119 g/mol. The fourth-order valence-electron chi connectivity index (χ4n) is 0.666. The Morgan fingerprint density at radius 2 is 2.56 bits per heavy atom. The number of hydrogen-bond donors (Lipinski definition) is 0. The monoisotopic (exact) mass is 119 g/mol. The fraction of sp³-hybridized carbons (Fsp3) is 0. The Balaban J connectivity index is 2.95. The van der Waals surface area contributed by atoms with Gasteiger partial charge in [-0.1, -0.05) is 0 Å². The molecule has 2 heterocycles. The molecule has 0 atom stereocenters. The highest BCUT2D eigenvalue weighted by molar-refractivity contribution is 5.69. The molecular formula is C6H3N2O. The molecule has 0 aliphatic carbocycles. The number of nitrogens with zero attached hydrogens (tertiary/aromatic N) is 2. The van der Waals surface area contributed by atoms with Gasteiger partial charge in [-0.25, -0.2) is 9.97 Å². The van der Waals surface area contributed by atoms with Crippen LogP contribution in [0.15, 0.2) is 23.1 Å². The molecule has 0 saturated carbocycles. The maximum absolute atomic E-state index is 4.94. The molecule has 0 N–H and O–H groups in total. The van der Waals surface area contributed by atoms with Gasteiger partial charge in [-0.15, -0.1) is 0 Å². The first-order valence-corrected chi connectivity index (χ1v) is 2.53. The standard InChI is InChI=1S/C6H3N2O/c1-2-9-6-3-7-4-8-5(1)6/h1-2,4H. The third-order valence-corrected chi connectivity index (χ3v) is 1.07. The van der Waals surface area contributed by atoms with Crippen molar-refractivity contribution in [1.29, 1.82) is 0 Å². The number of aromatic nitrogens is 2. The normalized spacial score (nSPS) is 10.2. The van der Waals surface area contributed by atoms with Crippen molar-refractivity contribution in [3.8, 4) is 0 Å². The lowest BCUT2D eigenvalue weighted by atomic mass is 10.5. The molecule has 2 aromatic rings. The Kier molecular flexibility index (Phi) is 0.773. The molecule has 2 rings (SSSR count). The van der Waals surface area contributed by atoms with E-state index in [-0.39, 0.29) is 0 Å². The SMILES string of the molecule is [c]1ncnc2ccoc12. The van der Waals surface area contributed by atoms with Gasteiger partial charge in [0.15, 0.2) is 5.58 Å². The van der Waals surface area contributed by atoms with E-state index in [1.165, 1.54) is 6.33 Å². The summed E-state index contributed by atoms with van der Waals surface area (Å²) in [6, 6.07) is 1.77. The van der Waals surface area contributed by atoms with Gasteiger partial charge >= 0.3 is 0 Å². The average Bonchev–Trinajstić information content (AvgIpc) is 2.33. The van der Waals surface area contributed by atoms with Crippen LogP contribution in [-0.2, 0) is 0 Å². The van der Waals surface area contributed by atoms with E-state index >= 15 is 0 Å². The van der Waals surface area contributed by atoms with E-state index in [9.17, 15) is 0 Å². The quantitative estimate of drug-likeness (QED) is 0.519. The van der Waals surface area contributed by atoms with Crippen LogP contribution in [-0.4, -0.2) is 9.97 Å². The van der Waals surface area contributed by atoms with Crippen molar-refractivity contribution in [1.82, 2.24) is 9.97 Å². The summed E-state index contributed by atoms with van der Waals surface area (Å²) in [4.78, 5) is 7.56. The van der Waals surface area contributed by atoms with Crippen LogP contribution in [0.1, 0.15) is 0 Å². The highest BCUT2D eigenvalue weighted by Crippen LogP contribution is 2.07. The first-order valence-electron chi connectivity index (χ1n) is 2.53. The maximum Gasteiger partial charge on any atom is 0.180 e. The third-order valence-electron chi connectivity index (χ3n) is 1.07. The van der Waals surface area contributed by atoms with Crippen LogP contribution >= 0.6 is 0 Å². The second kappa shape index (κ2) is 1.55. The van der Waals surface area contributed by atoms with Crippen LogP contribution in [0.5, 0.6) is 0 Å². The molecule has 2 aromatic heterocycles. The van der Waals surface area contributed by atoms with Crippen molar-refractivity contribution in [2.24, 2.45) is 0 Å². The number of rotatable bonds is 0. The van der Waals surface area contributed by atoms with Gasteiger partial charge in [0.1, 0.15) is 18.0 Å². The first-order chi connectivity index (χ1) is 4.47. The maximum atomic E-state index is 4.94. The minimum absolute atomic E-state index is 0.609. The van der Waals surface area contributed by atoms with Crippen LogP contribution in [0.25, 0.3) is 11.1 Å². The van der Waals surface area contributed by atoms with E-state index in [0.717, 1.165) is 5.52 Å². The summed E-state index contributed by atoms with van der Waals surface area (Å²) in [5.41, 5.74) is 1.41. The molecule has 9 heavy (non-hydrogen) atoms. The van der Waals surface area contributed by atoms with E-state index in [1.54, 1.807) is 12.3 Å². The summed E-state index contributed by atoms with van der Waals surface area (Å²) in [5, 5.41) is 0. The minimum Gasteiger partial charge on any atom is -0.460 e. The lowest BCUT2D eigenvalue weighted by Crippen LogP contribution is -1.73. The van der Waals surface area contributed by atoms with Crippen molar-refractivity contribution in [3.05, 3.63) is 24.9 Å². The lowest BCUT2D eigenvalue weighted by molar-refractivity contribution is 0.613. The van der Waals surface area contributed by atoms with E-state index in [1.807, 2.05) is 0 Å². The Morgan fingerprint density at radius 3 is 3.44 bits per heavy atom. The van der Waals surface area contributed by atoms with E-state index in [0.29, 0.717) is 5.58 Å². The largest absolute Gasteiger partial charge is 0.460 e. The summed E-state index contributed by atoms with van der Waals surface area (Å²) >= 11 is 0. The molecule has 0 unspecified atom stereocenters. The molecular weight excluding hydrogens is 116 g/mol. The summed E-state index contributed by atoms with van der Waals surface area (Å²) in [6.07, 6.45) is 5.66. The summed E-state index contributed by atoms with van der Waals surface area (Å²) in [5.74, 6) is 0. The van der Waals surface area contributed by atoms with Gasteiger partial charge in [0.25, 0.3) is 0 Å². The van der Waals surface area contributed by atoms with Gasteiger partial charge in [0.2, 0.25) is 0 Å². The van der Waals surface area contributed by atoms with Gasteiger partial charge < -0.3 is 4.42 Å². The molecule has 1 radical (unpaired) electrons. The summed E-state index contributed by atoms with van der Waals surface area (Å²) < 4.78 is 4.94. The molecule has 0 spiro atoms. The van der Waals surface area contributed by atoms with Gasteiger partial charge in [-0.2, -0.15) is 0 Å². The molecule has 0 saturated heterocycles. The van der Waals surface area contributed by atoms with Gasteiger partial charge in [-0.3, -0.25) is 0 Å². The van der Waals surface area contributed by atoms with Crippen LogP contribution in [0.2, 0.25) is 0 Å². The van der Waals surface area contributed by atoms with Gasteiger partial charge in [0, 0.05) is 6.07 Å². The minimum atomic E-state index is 0.609. The summed E-state index contributed by atoms with van der Waals surface area (Å²) in [7, 11) is 0. The number of hydrogen-bond acceptors (Lipinski definition) is 3. The second-order valence-electron chi connectivity index (χ2n) is 1.62. The van der Waals surface area contributed by atoms with Crippen molar-refractivity contribution < 1.29 is 4.42 Å². The Hall–Kier alpha value is -1.38. The highest BCUT2D eigenvalue weighted by Gasteiger charge is 1.93. The van der Waals surface area contributed by atoms with Crippen LogP contribution in [0, 0.1) is 6.20 Å². The van der Waals surface area contributed by atoms with Crippen molar-refractivity contribution >= 4 is 11.1 Å². The van der Waals surface area contributed by atoms with Crippen LogP contribution in [0.4, 0.5) is 0 Å². The number of furan rings is 1. The molecule has 43 valence electrons. The Labute approximate surface area is 51.3 Å². The summed E-state index contributed by atoms with van der Waals surface area (Å²) in [6.45, 7) is 0. The topological polar surface area (TPSA) is 38.9 Å². The van der Waals surface area contributed by atoms with Crippen molar-refractivity contribution in [2.45, 2.75) is 0 Å². The van der Waals surface area contributed by atoms with Gasteiger partial charge in [0.05, 0.1) is 6.26 Å². The molecule has 3 nitrogen and oxygen atoms in total. The number of fused-ring (bicyclic) bond motifs is 1. The molecule has 0 aliphatic heterocycles. The predicted molar refractivity (Wildman–Crippen MR) is 30.6 cm³/mol. The Morgan fingerprint density at radius 1 is 1.56 bits per heavy atom. The van der Waals surface area contributed by atoms with Crippen LogP contribution < -0.4 is 0 Å². The van der Waals surface area contributed by atoms with Gasteiger partial charge in [-0.05, 0) is 0 Å². The van der Waals surface area contributed by atoms with E-state index in [4.69, 9.17) is 4.42 Å². The second-order valence-corrected chi connectivity index (χ2v) is 1.62. The Bertz CT molecular complexity index is 285. The first kappa shape index (κ1) is 4.49. The highest BCUT2D eigenvalue weighted by atomic mass is 16.3. The zero-order valence-corrected chi connectivity index (χ0v) is 4.53. The fourth-order valence-corrected chi connectivity index (χ4v) is 0.666. The van der Waals surface area contributed by atoms with Crippen LogP contribution in [0.3, 0.4) is 0 Å². The third kappa shape index (κ3) is 0.579. The molecule has 0 aliphatic rings. The van der Waals surface area contributed by atoms with Crippen molar-refractivity contribution in [3.63, 3.8) is 0 Å². The molecule has 0 fully saturated rings. The lowest BCUT2D eigenvalue weighted by Gasteiger charge is -1.79. The zero-order valence-electron chi connectivity index (χ0n) is 4.53. The molecule has 0 amide bonds. The molecule has 0 bridgehead atoms. The molecule has 3 heteroatoms. The zero-order chi connectivity index (χ0) is 6.10. The van der Waals surface area contributed by atoms with E-state index < -0.39 is 0 Å². The van der Waals surface area contributed by atoms with Crippen molar-refractivity contribution in [2.75, 3.05) is 0 Å². The smallest absolute Gasteiger partial charge is 0.180 e. The predicted octanol–water partition coefficient (Wildman–Crippen LogP) is 1.02.